The minimum Gasteiger partial charge on any atom is -0.335 e. The van der Waals surface area contributed by atoms with Gasteiger partial charge in [0, 0.05) is 36.2 Å². The molecule has 1 spiro atoms. The minimum absolute atomic E-state index is 0.0139. The highest BCUT2D eigenvalue weighted by Gasteiger charge is 2.61. The molecule has 3 aliphatic rings. The molecule has 1 saturated heterocycles. The van der Waals surface area contributed by atoms with E-state index >= 15 is 0 Å². The van der Waals surface area contributed by atoms with Crippen LogP contribution in [0.2, 0.25) is 0 Å². The molecule has 0 aromatic heterocycles. The molecule has 1 heterocycles. The number of urea groups is 1. The first-order valence-corrected chi connectivity index (χ1v) is 9.18. The first-order chi connectivity index (χ1) is 12.1. The molecule has 2 atom stereocenters. The number of hydrogen-bond acceptors (Lipinski definition) is 2. The summed E-state index contributed by atoms with van der Waals surface area (Å²) in [5.74, 6) is -0.511. The molecular formula is C19H24FN3O2. The Labute approximate surface area is 147 Å². The Morgan fingerprint density at radius 1 is 1.24 bits per heavy atom. The molecule has 134 valence electrons. The third kappa shape index (κ3) is 3.34. The van der Waals surface area contributed by atoms with E-state index in [9.17, 15) is 14.0 Å². The Bertz CT molecular complexity index is 689. The summed E-state index contributed by atoms with van der Waals surface area (Å²) in [6.45, 7) is 1.36. The fourth-order valence-corrected chi connectivity index (χ4v) is 4.37. The van der Waals surface area contributed by atoms with E-state index in [0.29, 0.717) is 24.8 Å². The van der Waals surface area contributed by atoms with Crippen molar-refractivity contribution in [1.29, 1.82) is 0 Å². The predicted octanol–water partition coefficient (Wildman–Crippen LogP) is 3.13. The number of halogens is 1. The lowest BCUT2D eigenvalue weighted by atomic mass is 10.0. The quantitative estimate of drug-likeness (QED) is 0.884. The number of hydrogen-bond donors (Lipinski definition) is 2. The fourth-order valence-electron chi connectivity index (χ4n) is 4.37. The van der Waals surface area contributed by atoms with Crippen LogP contribution in [0.3, 0.4) is 0 Å². The second-order valence-electron chi connectivity index (χ2n) is 7.72. The van der Waals surface area contributed by atoms with Crippen molar-refractivity contribution in [2.24, 2.45) is 11.3 Å². The van der Waals surface area contributed by atoms with Gasteiger partial charge in [-0.05, 0) is 43.9 Å². The third-order valence-corrected chi connectivity index (χ3v) is 5.95. The molecule has 25 heavy (non-hydrogen) atoms. The molecule has 1 aromatic rings. The molecule has 6 heteroatoms. The van der Waals surface area contributed by atoms with Gasteiger partial charge in [0.15, 0.2) is 0 Å². The normalized spacial score (nSPS) is 28.4. The highest BCUT2D eigenvalue weighted by atomic mass is 19.1. The highest BCUT2D eigenvalue weighted by Crippen LogP contribution is 2.58. The van der Waals surface area contributed by atoms with Crippen molar-refractivity contribution >= 4 is 17.6 Å². The minimum atomic E-state index is -0.362. The molecule has 2 N–H and O–H groups in total. The Morgan fingerprint density at radius 3 is 2.80 bits per heavy atom. The van der Waals surface area contributed by atoms with Crippen LogP contribution in [0.5, 0.6) is 0 Å². The molecule has 0 unspecified atom stereocenters. The fraction of sp³-hybridized carbons (Fsp3) is 0.579. The van der Waals surface area contributed by atoms with Crippen LogP contribution in [0.1, 0.15) is 38.5 Å². The second kappa shape index (κ2) is 6.32. The predicted molar refractivity (Wildman–Crippen MR) is 92.5 cm³/mol. The third-order valence-electron chi connectivity index (χ3n) is 5.95. The van der Waals surface area contributed by atoms with Crippen LogP contribution < -0.4 is 10.6 Å². The topological polar surface area (TPSA) is 61.4 Å². The summed E-state index contributed by atoms with van der Waals surface area (Å²) in [6, 6.07) is 6.27. The molecule has 3 fully saturated rings. The van der Waals surface area contributed by atoms with Crippen LogP contribution >= 0.6 is 0 Å². The van der Waals surface area contributed by atoms with Crippen molar-refractivity contribution in [3.63, 3.8) is 0 Å². The van der Waals surface area contributed by atoms with Gasteiger partial charge in [-0.2, -0.15) is 0 Å². The number of amides is 3. The number of carbonyl (C=O) groups excluding carboxylic acids is 2. The van der Waals surface area contributed by atoms with Crippen LogP contribution in [0.25, 0.3) is 0 Å². The molecule has 2 saturated carbocycles. The van der Waals surface area contributed by atoms with E-state index < -0.39 is 0 Å². The Balaban J connectivity index is 1.31. The maximum atomic E-state index is 13.2. The Hall–Kier alpha value is -2.11. The van der Waals surface area contributed by atoms with E-state index in [1.165, 1.54) is 25.0 Å². The van der Waals surface area contributed by atoms with Crippen LogP contribution in [0.4, 0.5) is 14.9 Å². The number of nitrogens with zero attached hydrogens (tertiary/aromatic N) is 1. The largest absolute Gasteiger partial charge is 0.335 e. The summed E-state index contributed by atoms with van der Waals surface area (Å²) in [4.78, 5) is 26.7. The van der Waals surface area contributed by atoms with Crippen molar-refractivity contribution < 1.29 is 14.0 Å². The summed E-state index contributed by atoms with van der Waals surface area (Å²) in [7, 11) is 0. The first-order valence-electron chi connectivity index (χ1n) is 9.18. The Morgan fingerprint density at radius 2 is 2.04 bits per heavy atom. The van der Waals surface area contributed by atoms with Gasteiger partial charge in [-0.1, -0.05) is 18.9 Å². The van der Waals surface area contributed by atoms with Crippen LogP contribution in [0, 0.1) is 17.2 Å². The van der Waals surface area contributed by atoms with Crippen molar-refractivity contribution in [2.45, 2.75) is 44.6 Å². The molecular weight excluding hydrogens is 321 g/mol. The van der Waals surface area contributed by atoms with Crippen molar-refractivity contribution in [2.75, 3.05) is 18.4 Å². The summed E-state index contributed by atoms with van der Waals surface area (Å²) < 4.78 is 13.2. The summed E-state index contributed by atoms with van der Waals surface area (Å²) in [6.07, 6.45) is 6.20. The summed E-state index contributed by atoms with van der Waals surface area (Å²) in [5.41, 5.74) is 0.408. The lowest BCUT2D eigenvalue weighted by molar-refractivity contribution is -0.118. The lowest BCUT2D eigenvalue weighted by Crippen LogP contribution is -2.43. The van der Waals surface area contributed by atoms with Crippen molar-refractivity contribution in [3.8, 4) is 0 Å². The van der Waals surface area contributed by atoms with E-state index in [-0.39, 0.29) is 29.1 Å². The van der Waals surface area contributed by atoms with Gasteiger partial charge >= 0.3 is 6.03 Å². The SMILES string of the molecule is O=C(Nc1cccc(F)c1)[C@@H]1C[C@@]12CCN(C(=O)NC1CCCC1)C2. The zero-order valence-electron chi connectivity index (χ0n) is 14.3. The van der Waals surface area contributed by atoms with E-state index in [1.54, 1.807) is 12.1 Å². The molecule has 4 rings (SSSR count). The molecule has 3 amide bonds. The van der Waals surface area contributed by atoms with E-state index in [0.717, 1.165) is 25.7 Å². The van der Waals surface area contributed by atoms with Crippen molar-refractivity contribution in [1.82, 2.24) is 10.2 Å². The zero-order chi connectivity index (χ0) is 17.4. The number of nitrogens with one attached hydrogen (secondary N) is 2. The van der Waals surface area contributed by atoms with Gasteiger partial charge in [-0.15, -0.1) is 0 Å². The van der Waals surface area contributed by atoms with Crippen LogP contribution in [0.15, 0.2) is 24.3 Å². The van der Waals surface area contributed by atoms with Crippen LogP contribution in [-0.2, 0) is 4.79 Å². The van der Waals surface area contributed by atoms with Crippen molar-refractivity contribution in [3.05, 3.63) is 30.1 Å². The molecule has 5 nitrogen and oxygen atoms in total. The zero-order valence-corrected chi connectivity index (χ0v) is 14.3. The number of rotatable bonds is 3. The second-order valence-corrected chi connectivity index (χ2v) is 7.72. The van der Waals surface area contributed by atoms with E-state index in [1.807, 2.05) is 4.90 Å². The molecule has 2 aliphatic carbocycles. The molecule has 1 aliphatic heterocycles. The maximum absolute atomic E-state index is 13.2. The highest BCUT2D eigenvalue weighted by molar-refractivity contribution is 5.95. The number of benzene rings is 1. The average Bonchev–Trinajstić information content (AvgIpc) is 2.90. The van der Waals surface area contributed by atoms with Gasteiger partial charge in [0.2, 0.25) is 5.91 Å². The molecule has 0 radical (unpaired) electrons. The van der Waals surface area contributed by atoms with E-state index in [2.05, 4.69) is 10.6 Å². The smallest absolute Gasteiger partial charge is 0.317 e. The number of carbonyl (C=O) groups is 2. The average molecular weight is 345 g/mol. The van der Waals surface area contributed by atoms with Gasteiger partial charge in [0.05, 0.1) is 0 Å². The maximum Gasteiger partial charge on any atom is 0.317 e. The monoisotopic (exact) mass is 345 g/mol. The molecule has 0 bridgehead atoms. The van der Waals surface area contributed by atoms with Gasteiger partial charge in [0.25, 0.3) is 0 Å². The van der Waals surface area contributed by atoms with Gasteiger partial charge in [-0.3, -0.25) is 4.79 Å². The van der Waals surface area contributed by atoms with Gasteiger partial charge in [-0.25, -0.2) is 9.18 Å². The first kappa shape index (κ1) is 16.4. The van der Waals surface area contributed by atoms with Gasteiger partial charge in [0.1, 0.15) is 5.82 Å². The van der Waals surface area contributed by atoms with Gasteiger partial charge < -0.3 is 15.5 Å². The summed E-state index contributed by atoms with van der Waals surface area (Å²) >= 11 is 0. The van der Waals surface area contributed by atoms with E-state index in [4.69, 9.17) is 0 Å². The number of anilines is 1. The Kier molecular flexibility index (Phi) is 4.13. The molecule has 1 aromatic carbocycles. The van der Waals surface area contributed by atoms with Crippen LogP contribution in [-0.4, -0.2) is 36.0 Å². The number of likely N-dealkylation sites (tertiary alicyclic amines) is 1. The standard InChI is InChI=1S/C19H24FN3O2/c20-13-4-3-7-15(10-13)21-17(24)16-11-19(16)8-9-23(12-19)18(25)22-14-5-1-2-6-14/h3-4,7,10,14,16H,1-2,5-6,8-9,11-12H2,(H,21,24)(H,22,25)/t16-,19+/m0/s1. The summed E-state index contributed by atoms with van der Waals surface area (Å²) in [5, 5.41) is 5.92. The lowest BCUT2D eigenvalue weighted by Gasteiger charge is -2.20.